The predicted molar refractivity (Wildman–Crippen MR) is 96.7 cm³/mol. The minimum absolute atomic E-state index is 0.737. The van der Waals surface area contributed by atoms with Gasteiger partial charge in [0, 0.05) is 11.8 Å². The third kappa shape index (κ3) is 4.23. The Morgan fingerprint density at radius 1 is 0.783 bits per heavy atom. The summed E-state index contributed by atoms with van der Waals surface area (Å²) in [7, 11) is 0. The minimum Gasteiger partial charge on any atom is -0.461 e. The number of hydrogen-bond donors (Lipinski definition) is 1. The summed E-state index contributed by atoms with van der Waals surface area (Å²) in [5.74, 6) is 1.10. The molecule has 2 N–H and O–H groups in total. The molecule has 0 saturated heterocycles. The van der Waals surface area contributed by atoms with Crippen molar-refractivity contribution in [2.75, 3.05) is 6.54 Å². The Morgan fingerprint density at radius 3 is 2.43 bits per heavy atom. The van der Waals surface area contributed by atoms with Crippen LogP contribution in [0.25, 0.3) is 11.0 Å². The van der Waals surface area contributed by atoms with Gasteiger partial charge in [0.25, 0.3) is 0 Å². The van der Waals surface area contributed by atoms with Gasteiger partial charge in [-0.3, -0.25) is 0 Å². The number of hydrogen-bond acceptors (Lipinski definition) is 2. The van der Waals surface area contributed by atoms with Crippen LogP contribution in [0.4, 0.5) is 0 Å². The second-order valence-electron chi connectivity index (χ2n) is 6.13. The highest BCUT2D eigenvalue weighted by atomic mass is 16.3. The first-order chi connectivity index (χ1) is 11.4. The normalized spacial score (nSPS) is 11.2. The van der Waals surface area contributed by atoms with E-state index in [0.717, 1.165) is 50.0 Å². The fourth-order valence-corrected chi connectivity index (χ4v) is 3.08. The van der Waals surface area contributed by atoms with Gasteiger partial charge in [-0.15, -0.1) is 0 Å². The molecule has 2 nitrogen and oxygen atoms in total. The van der Waals surface area contributed by atoms with Gasteiger partial charge in [-0.2, -0.15) is 0 Å². The quantitative estimate of drug-likeness (QED) is 0.602. The maximum absolute atomic E-state index is 6.01. The molecule has 2 heteroatoms. The second kappa shape index (κ2) is 7.98. The Morgan fingerprint density at radius 2 is 1.61 bits per heavy atom. The van der Waals surface area contributed by atoms with E-state index in [-0.39, 0.29) is 0 Å². The van der Waals surface area contributed by atoms with E-state index < -0.39 is 0 Å². The van der Waals surface area contributed by atoms with Gasteiger partial charge in [0.05, 0.1) is 0 Å². The lowest BCUT2D eigenvalue weighted by atomic mass is 10.0. The summed E-state index contributed by atoms with van der Waals surface area (Å²) in [5.41, 5.74) is 9.41. The molecular formula is C21H25NO. The topological polar surface area (TPSA) is 39.2 Å². The van der Waals surface area contributed by atoms with Gasteiger partial charge in [0.1, 0.15) is 11.3 Å². The highest BCUT2D eigenvalue weighted by molar-refractivity contribution is 5.81. The zero-order valence-electron chi connectivity index (χ0n) is 13.6. The van der Waals surface area contributed by atoms with E-state index in [4.69, 9.17) is 10.2 Å². The number of rotatable bonds is 8. The summed E-state index contributed by atoms with van der Waals surface area (Å²) in [4.78, 5) is 0. The summed E-state index contributed by atoms with van der Waals surface area (Å²) < 4.78 is 6.01. The number of fused-ring (bicyclic) bond motifs is 1. The van der Waals surface area contributed by atoms with Crippen LogP contribution < -0.4 is 5.73 Å². The maximum atomic E-state index is 6.01. The number of benzene rings is 2. The lowest BCUT2D eigenvalue weighted by molar-refractivity contribution is 0.532. The summed E-state index contributed by atoms with van der Waals surface area (Å²) in [6.45, 7) is 0.737. The van der Waals surface area contributed by atoms with E-state index in [1.807, 2.05) is 0 Å². The molecule has 1 heterocycles. The van der Waals surface area contributed by atoms with Crippen molar-refractivity contribution in [3.63, 3.8) is 0 Å². The van der Waals surface area contributed by atoms with Crippen LogP contribution in [0.2, 0.25) is 0 Å². The molecule has 0 radical (unpaired) electrons. The van der Waals surface area contributed by atoms with Crippen molar-refractivity contribution in [2.45, 2.75) is 38.5 Å². The molecule has 0 atom stereocenters. The molecule has 3 aromatic rings. The van der Waals surface area contributed by atoms with Gasteiger partial charge >= 0.3 is 0 Å². The molecule has 3 rings (SSSR count). The fraction of sp³-hybridized carbons (Fsp3) is 0.333. The Kier molecular flexibility index (Phi) is 5.49. The van der Waals surface area contributed by atoms with Crippen LogP contribution in [0.3, 0.4) is 0 Å². The van der Waals surface area contributed by atoms with Crippen molar-refractivity contribution in [2.24, 2.45) is 5.73 Å². The molecule has 120 valence electrons. The fourth-order valence-electron chi connectivity index (χ4n) is 3.08. The van der Waals surface area contributed by atoms with E-state index in [1.165, 1.54) is 22.9 Å². The summed E-state index contributed by atoms with van der Waals surface area (Å²) >= 11 is 0. The van der Waals surface area contributed by atoms with E-state index in [9.17, 15) is 0 Å². The molecule has 1 aromatic heterocycles. The Hall–Kier alpha value is -2.06. The molecule has 0 saturated carbocycles. The highest BCUT2D eigenvalue weighted by Gasteiger charge is 2.07. The van der Waals surface area contributed by atoms with Crippen LogP contribution in [-0.4, -0.2) is 6.54 Å². The monoisotopic (exact) mass is 307 g/mol. The number of nitrogens with two attached hydrogens (primary N) is 1. The van der Waals surface area contributed by atoms with Crippen LogP contribution >= 0.6 is 0 Å². The average Bonchev–Trinajstić information content (AvgIpc) is 3.01. The molecule has 0 aliphatic rings. The van der Waals surface area contributed by atoms with Crippen molar-refractivity contribution in [3.05, 3.63) is 71.5 Å². The number of aryl methyl sites for hydroxylation is 3. The first-order valence-corrected chi connectivity index (χ1v) is 8.61. The molecule has 0 fully saturated rings. The lowest BCUT2D eigenvalue weighted by Gasteiger charge is -2.00. The van der Waals surface area contributed by atoms with Crippen molar-refractivity contribution < 1.29 is 4.42 Å². The van der Waals surface area contributed by atoms with Crippen LogP contribution in [-0.2, 0) is 19.3 Å². The van der Waals surface area contributed by atoms with E-state index in [1.54, 1.807) is 0 Å². The predicted octanol–water partition coefficient (Wildman–Crippen LogP) is 4.89. The molecule has 0 amide bonds. The molecule has 23 heavy (non-hydrogen) atoms. The van der Waals surface area contributed by atoms with Crippen molar-refractivity contribution in [3.8, 4) is 0 Å². The summed E-state index contributed by atoms with van der Waals surface area (Å²) in [6.07, 6.45) is 6.56. The number of unbranched alkanes of at least 4 members (excludes halogenated alkanes) is 1. The molecule has 0 spiro atoms. The van der Waals surface area contributed by atoms with Crippen LogP contribution in [0.5, 0.6) is 0 Å². The first-order valence-electron chi connectivity index (χ1n) is 8.61. The van der Waals surface area contributed by atoms with Crippen LogP contribution in [0.1, 0.15) is 36.1 Å². The molecule has 0 aliphatic carbocycles. The van der Waals surface area contributed by atoms with E-state index in [0.29, 0.717) is 0 Å². The standard InChI is InChI=1S/C21H25NO/c22-15-7-12-18-11-6-14-21-20(18)16-19(23-21)13-5-4-10-17-8-2-1-3-9-17/h1-3,6,8-9,11,14,16H,4-5,7,10,12-13,15,22H2. The number of furan rings is 1. The van der Waals surface area contributed by atoms with Crippen molar-refractivity contribution in [1.82, 2.24) is 0 Å². The highest BCUT2D eigenvalue weighted by Crippen LogP contribution is 2.25. The zero-order valence-corrected chi connectivity index (χ0v) is 13.6. The van der Waals surface area contributed by atoms with Gasteiger partial charge in [0.2, 0.25) is 0 Å². The Balaban J connectivity index is 1.58. The average molecular weight is 307 g/mol. The maximum Gasteiger partial charge on any atom is 0.134 e. The smallest absolute Gasteiger partial charge is 0.134 e. The lowest BCUT2D eigenvalue weighted by Crippen LogP contribution is -2.00. The SMILES string of the molecule is NCCCc1cccc2oc(CCCCc3ccccc3)cc12. The van der Waals surface area contributed by atoms with Crippen LogP contribution in [0.15, 0.2) is 59.0 Å². The molecule has 2 aromatic carbocycles. The van der Waals surface area contributed by atoms with Gasteiger partial charge in [-0.05, 0) is 61.9 Å². The van der Waals surface area contributed by atoms with E-state index in [2.05, 4.69) is 54.6 Å². The van der Waals surface area contributed by atoms with Gasteiger partial charge in [-0.25, -0.2) is 0 Å². The molecule has 0 aliphatic heterocycles. The molecule has 0 unspecified atom stereocenters. The summed E-state index contributed by atoms with van der Waals surface area (Å²) in [5, 5.41) is 1.26. The first kappa shape index (κ1) is 15.8. The van der Waals surface area contributed by atoms with Gasteiger partial charge < -0.3 is 10.2 Å². The minimum atomic E-state index is 0.737. The Bertz CT molecular complexity index is 730. The van der Waals surface area contributed by atoms with Gasteiger partial charge in [-0.1, -0.05) is 42.5 Å². The third-order valence-corrected chi connectivity index (χ3v) is 4.33. The second-order valence-corrected chi connectivity index (χ2v) is 6.13. The van der Waals surface area contributed by atoms with Crippen LogP contribution in [0, 0.1) is 0 Å². The zero-order chi connectivity index (χ0) is 15.9. The third-order valence-electron chi connectivity index (χ3n) is 4.33. The van der Waals surface area contributed by atoms with E-state index >= 15 is 0 Å². The molecule has 0 bridgehead atoms. The van der Waals surface area contributed by atoms with Crippen molar-refractivity contribution >= 4 is 11.0 Å². The molecular weight excluding hydrogens is 282 g/mol. The van der Waals surface area contributed by atoms with Crippen molar-refractivity contribution in [1.29, 1.82) is 0 Å². The van der Waals surface area contributed by atoms with Gasteiger partial charge in [0.15, 0.2) is 0 Å². The summed E-state index contributed by atoms with van der Waals surface area (Å²) in [6, 6.07) is 19.2. The largest absolute Gasteiger partial charge is 0.461 e. The Labute approximate surface area is 138 Å².